The molecule has 0 spiro atoms. The van der Waals surface area contributed by atoms with Gasteiger partial charge in [-0.3, -0.25) is 23.2 Å². The van der Waals surface area contributed by atoms with Gasteiger partial charge in [0.1, 0.15) is 6.16 Å². The predicted molar refractivity (Wildman–Crippen MR) is 56.3 cm³/mol. The van der Waals surface area contributed by atoms with Crippen molar-refractivity contribution >= 4 is 13.5 Å². The molecule has 0 aromatic carbocycles. The van der Waals surface area contributed by atoms with Crippen molar-refractivity contribution in [2.75, 3.05) is 33.5 Å². The molecule has 126 valence electrons. The summed E-state index contributed by atoms with van der Waals surface area (Å²) < 4.78 is 91.4. The van der Waals surface area contributed by atoms with Crippen molar-refractivity contribution < 1.29 is 49.6 Å². The average Bonchev–Trinajstić information content (AvgIpc) is 2.31. The minimum absolute atomic E-state index is 0.459. The van der Waals surface area contributed by atoms with E-state index in [1.807, 2.05) is 0 Å². The Balaban J connectivity index is 4.90. The highest BCUT2D eigenvalue weighted by molar-refractivity contribution is 7.54. The Kier molecular flexibility index (Phi) is 7.13. The van der Waals surface area contributed by atoms with Crippen LogP contribution in [0.1, 0.15) is 0 Å². The van der Waals surface area contributed by atoms with Crippen LogP contribution in [0.3, 0.4) is 0 Å². The van der Waals surface area contributed by atoms with Gasteiger partial charge in [-0.2, -0.15) is 26.3 Å². The third-order valence-electron chi connectivity index (χ3n) is 1.80. The van der Waals surface area contributed by atoms with Gasteiger partial charge >= 0.3 is 19.9 Å². The van der Waals surface area contributed by atoms with Crippen LogP contribution >= 0.6 is 7.60 Å². The molecule has 0 aliphatic carbocycles. The monoisotopic (exact) mass is 347 g/mol. The maximum atomic E-state index is 12.0. The van der Waals surface area contributed by atoms with Crippen LogP contribution < -0.4 is 0 Å². The molecular formula is C8H12F6NO5P. The molecule has 1 amide bonds. The van der Waals surface area contributed by atoms with Gasteiger partial charge < -0.3 is 0 Å². The van der Waals surface area contributed by atoms with Gasteiger partial charge in [0.2, 0.25) is 0 Å². The zero-order valence-electron chi connectivity index (χ0n) is 10.8. The van der Waals surface area contributed by atoms with Crippen LogP contribution in [-0.2, 0) is 23.2 Å². The van der Waals surface area contributed by atoms with Gasteiger partial charge in [-0.15, -0.1) is 0 Å². The van der Waals surface area contributed by atoms with Crippen LogP contribution in [-0.4, -0.2) is 56.9 Å². The molecule has 0 atom stereocenters. The number of carbonyl (C=O) groups excluding carboxylic acids is 1. The van der Waals surface area contributed by atoms with Crippen LogP contribution in [0.5, 0.6) is 0 Å². The van der Waals surface area contributed by atoms with E-state index >= 15 is 0 Å². The summed E-state index contributed by atoms with van der Waals surface area (Å²) in [4.78, 5) is 15.7. The summed E-state index contributed by atoms with van der Waals surface area (Å²) >= 11 is 0. The number of alkyl halides is 6. The number of hydrogen-bond donors (Lipinski definition) is 0. The fraction of sp³-hybridized carbons (Fsp3) is 0.875. The molecule has 0 N–H and O–H groups in total. The molecule has 0 fully saturated rings. The van der Waals surface area contributed by atoms with Crippen molar-refractivity contribution in [1.29, 1.82) is 0 Å². The van der Waals surface area contributed by atoms with Gasteiger partial charge in [0.05, 0.1) is 7.11 Å². The molecule has 21 heavy (non-hydrogen) atoms. The van der Waals surface area contributed by atoms with E-state index < -0.39 is 45.2 Å². The normalized spacial score (nSPS) is 13.3. The molecule has 0 unspecified atom stereocenters. The number of carbonyl (C=O) groups is 1. The minimum atomic E-state index is -4.95. The summed E-state index contributed by atoms with van der Waals surface area (Å²) in [5, 5.41) is 0.459. The second kappa shape index (κ2) is 7.43. The van der Waals surface area contributed by atoms with Gasteiger partial charge in [0.15, 0.2) is 13.2 Å². The van der Waals surface area contributed by atoms with E-state index in [4.69, 9.17) is 0 Å². The van der Waals surface area contributed by atoms with Crippen LogP contribution in [0, 0.1) is 0 Å². The van der Waals surface area contributed by atoms with Crippen LogP contribution in [0.2, 0.25) is 0 Å². The molecule has 0 saturated heterocycles. The highest BCUT2D eigenvalue weighted by Crippen LogP contribution is 2.50. The van der Waals surface area contributed by atoms with Crippen molar-refractivity contribution in [3.05, 3.63) is 0 Å². The highest BCUT2D eigenvalue weighted by atomic mass is 31.2. The number of amides is 1. The number of hydrogen-bond acceptors (Lipinski definition) is 5. The van der Waals surface area contributed by atoms with Crippen molar-refractivity contribution in [2.24, 2.45) is 0 Å². The smallest absolute Gasteiger partial charge is 0.299 e. The Morgan fingerprint density at radius 2 is 1.43 bits per heavy atom. The molecule has 0 saturated carbocycles. The van der Waals surface area contributed by atoms with E-state index in [9.17, 15) is 35.7 Å². The molecular weight excluding hydrogens is 335 g/mol. The van der Waals surface area contributed by atoms with E-state index in [2.05, 4.69) is 13.9 Å². The minimum Gasteiger partial charge on any atom is -0.299 e. The molecule has 0 aromatic rings. The first-order valence-corrected chi connectivity index (χ1v) is 6.83. The quantitative estimate of drug-likeness (QED) is 0.402. The van der Waals surface area contributed by atoms with Crippen molar-refractivity contribution in [3.8, 4) is 0 Å². The number of halogens is 6. The first-order valence-electron chi connectivity index (χ1n) is 5.10. The van der Waals surface area contributed by atoms with Crippen LogP contribution in [0.4, 0.5) is 26.3 Å². The maximum absolute atomic E-state index is 12.0. The number of rotatable bonds is 7. The van der Waals surface area contributed by atoms with Crippen molar-refractivity contribution in [1.82, 2.24) is 5.06 Å². The largest absolute Gasteiger partial charge is 0.412 e. The lowest BCUT2D eigenvalue weighted by Crippen LogP contribution is -2.30. The second-order valence-corrected chi connectivity index (χ2v) is 5.67. The molecule has 0 aliphatic heterocycles. The van der Waals surface area contributed by atoms with Crippen molar-refractivity contribution in [3.63, 3.8) is 0 Å². The summed E-state index contributed by atoms with van der Waals surface area (Å²) in [6, 6.07) is 0. The lowest BCUT2D eigenvalue weighted by Gasteiger charge is -2.21. The Morgan fingerprint density at radius 1 is 1.05 bits per heavy atom. The molecule has 6 nitrogen and oxygen atoms in total. The first-order chi connectivity index (χ1) is 9.28. The molecule has 0 aromatic heterocycles. The third-order valence-corrected chi connectivity index (χ3v) is 3.51. The Hall–Kier alpha value is -0.840. The molecule has 0 rings (SSSR count). The van der Waals surface area contributed by atoms with Gasteiger partial charge in [-0.1, -0.05) is 0 Å². The summed E-state index contributed by atoms with van der Waals surface area (Å²) in [7, 11) is -2.92. The van der Waals surface area contributed by atoms with Gasteiger partial charge in [0, 0.05) is 7.05 Å². The lowest BCUT2D eigenvalue weighted by molar-refractivity contribution is -0.170. The zero-order chi connectivity index (χ0) is 16.9. The number of hydroxylamine groups is 2. The van der Waals surface area contributed by atoms with Gasteiger partial charge in [-0.25, -0.2) is 5.06 Å². The van der Waals surface area contributed by atoms with Crippen LogP contribution in [0.25, 0.3) is 0 Å². The first kappa shape index (κ1) is 20.2. The summed E-state index contributed by atoms with van der Waals surface area (Å²) in [5.41, 5.74) is 0. The highest BCUT2D eigenvalue weighted by Gasteiger charge is 2.40. The standard InChI is InChI=1S/C8H12F6NO5P/c1-15(18-2)6(16)3-21(17,19-4-7(9,10)11)20-5-8(12,13)14/h3-5H2,1-2H3. The average molecular weight is 347 g/mol. The van der Waals surface area contributed by atoms with E-state index in [1.165, 1.54) is 0 Å². The van der Waals surface area contributed by atoms with Gasteiger partial charge in [0.25, 0.3) is 5.91 Å². The van der Waals surface area contributed by atoms with Crippen LogP contribution in [0.15, 0.2) is 0 Å². The summed E-state index contributed by atoms with van der Waals surface area (Å²) in [5.74, 6) is -1.18. The van der Waals surface area contributed by atoms with E-state index in [-0.39, 0.29) is 0 Å². The summed E-state index contributed by atoms with van der Waals surface area (Å²) in [6.07, 6.45) is -11.2. The fourth-order valence-corrected chi connectivity index (χ4v) is 2.31. The SMILES string of the molecule is CON(C)C(=O)CP(=O)(OCC(F)(F)F)OCC(F)(F)F. The van der Waals surface area contributed by atoms with Gasteiger partial charge in [-0.05, 0) is 0 Å². The van der Waals surface area contributed by atoms with E-state index in [0.29, 0.717) is 5.06 Å². The Bertz CT molecular complexity index is 376. The fourth-order valence-electron chi connectivity index (χ4n) is 0.839. The van der Waals surface area contributed by atoms with E-state index in [1.54, 1.807) is 0 Å². The predicted octanol–water partition coefficient (Wildman–Crippen LogP) is 2.36. The Morgan fingerprint density at radius 3 is 1.71 bits per heavy atom. The maximum Gasteiger partial charge on any atom is 0.412 e. The topological polar surface area (TPSA) is 65.1 Å². The molecule has 13 heteroatoms. The van der Waals surface area contributed by atoms with E-state index in [0.717, 1.165) is 14.2 Å². The number of nitrogens with zero attached hydrogens (tertiary/aromatic N) is 1. The second-order valence-electron chi connectivity index (χ2n) is 3.62. The molecule has 0 aliphatic rings. The van der Waals surface area contributed by atoms with Crippen molar-refractivity contribution in [2.45, 2.75) is 12.4 Å². The summed E-state index contributed by atoms with van der Waals surface area (Å²) in [6.45, 7) is -4.24. The molecule has 0 radical (unpaired) electrons. The Labute approximate surface area is 115 Å². The third kappa shape index (κ3) is 9.67. The lowest BCUT2D eigenvalue weighted by atomic mass is 10.7. The molecule has 0 heterocycles. The molecule has 0 bridgehead atoms. The zero-order valence-corrected chi connectivity index (χ0v) is 11.7.